The Morgan fingerprint density at radius 2 is 2.00 bits per heavy atom. The lowest BCUT2D eigenvalue weighted by Gasteiger charge is -2.24. The number of halogens is 2. The number of anilines is 1. The quantitative estimate of drug-likeness (QED) is 0.366. The van der Waals surface area contributed by atoms with E-state index in [9.17, 15) is 4.79 Å². The van der Waals surface area contributed by atoms with Gasteiger partial charge < -0.3 is 5.32 Å². The number of thiazole rings is 1. The molecule has 1 unspecified atom stereocenters. The molecule has 5 nitrogen and oxygen atoms in total. The minimum absolute atomic E-state index is 0.0116. The lowest BCUT2D eigenvalue weighted by Crippen LogP contribution is -2.24. The first-order chi connectivity index (χ1) is 13.5. The summed E-state index contributed by atoms with van der Waals surface area (Å²) in [5.74, 6) is 0.679. The van der Waals surface area contributed by atoms with Gasteiger partial charge in [0, 0.05) is 26.8 Å². The summed E-state index contributed by atoms with van der Waals surface area (Å²) in [5.41, 5.74) is 3.97. The number of amides is 1. The van der Waals surface area contributed by atoms with Gasteiger partial charge in [-0.2, -0.15) is 9.78 Å². The summed E-state index contributed by atoms with van der Waals surface area (Å²) in [7, 11) is 0. The molecule has 28 heavy (non-hydrogen) atoms. The van der Waals surface area contributed by atoms with Crippen LogP contribution < -0.4 is 5.32 Å². The zero-order valence-corrected chi connectivity index (χ0v) is 18.7. The van der Waals surface area contributed by atoms with Crippen LogP contribution in [-0.4, -0.2) is 20.7 Å². The average molecular weight is 518 g/mol. The minimum atomic E-state index is -0.0291. The summed E-state index contributed by atoms with van der Waals surface area (Å²) in [6.45, 7) is 1.99. The number of carbonyl (C=O) groups excluding carboxylic acids is 1. The molecule has 0 spiro atoms. The molecule has 1 aliphatic rings. The predicted octanol–water partition coefficient (Wildman–Crippen LogP) is 5.79. The van der Waals surface area contributed by atoms with Crippen LogP contribution in [0.2, 0.25) is 0 Å². The smallest absolute Gasteiger partial charge is 0.226 e. The largest absolute Gasteiger partial charge is 0.310 e. The van der Waals surface area contributed by atoms with Crippen molar-refractivity contribution in [2.24, 2.45) is 0 Å². The third-order valence-corrected chi connectivity index (χ3v) is 6.85. The Labute approximate surface area is 182 Å². The first kappa shape index (κ1) is 18.0. The van der Waals surface area contributed by atoms with Gasteiger partial charge in [0.2, 0.25) is 11.0 Å². The van der Waals surface area contributed by atoms with Gasteiger partial charge in [0.15, 0.2) is 0 Å². The summed E-state index contributed by atoms with van der Waals surface area (Å²) in [6, 6.07) is 14.1. The molecule has 1 N–H and O–H groups in total. The lowest BCUT2D eigenvalue weighted by molar-refractivity contribution is -0.116. The highest BCUT2D eigenvalue weighted by Crippen LogP contribution is 2.41. The van der Waals surface area contributed by atoms with Crippen LogP contribution in [0.5, 0.6) is 0 Å². The van der Waals surface area contributed by atoms with Crippen LogP contribution in [0.1, 0.15) is 29.2 Å². The van der Waals surface area contributed by atoms with E-state index in [2.05, 4.69) is 49.3 Å². The van der Waals surface area contributed by atoms with Crippen LogP contribution >= 0.6 is 43.2 Å². The Bertz CT molecular complexity index is 1250. The fourth-order valence-electron chi connectivity index (χ4n) is 3.67. The molecule has 2 aromatic carbocycles. The van der Waals surface area contributed by atoms with Crippen molar-refractivity contribution in [1.82, 2.24) is 14.8 Å². The molecule has 0 saturated heterocycles. The maximum atomic E-state index is 12.5. The van der Waals surface area contributed by atoms with Crippen LogP contribution in [0.25, 0.3) is 15.3 Å². The minimum Gasteiger partial charge on any atom is -0.310 e. The van der Waals surface area contributed by atoms with Crippen molar-refractivity contribution < 1.29 is 4.79 Å². The van der Waals surface area contributed by atoms with E-state index in [1.165, 1.54) is 0 Å². The summed E-state index contributed by atoms with van der Waals surface area (Å²) >= 11 is 8.59. The molecule has 8 heteroatoms. The number of benzene rings is 2. The molecule has 1 aliphatic heterocycles. The number of nitrogens with one attached hydrogen (secondary N) is 1. The van der Waals surface area contributed by atoms with Gasteiger partial charge in [0.05, 0.1) is 15.9 Å². The molecule has 0 saturated carbocycles. The second kappa shape index (κ2) is 6.79. The van der Waals surface area contributed by atoms with Gasteiger partial charge in [0.1, 0.15) is 5.82 Å². The molecule has 0 bridgehead atoms. The van der Waals surface area contributed by atoms with E-state index in [-0.39, 0.29) is 11.8 Å². The molecular weight excluding hydrogens is 504 g/mol. The molecule has 0 radical (unpaired) electrons. The van der Waals surface area contributed by atoms with E-state index < -0.39 is 0 Å². The Morgan fingerprint density at radius 1 is 1.18 bits per heavy atom. The number of carbonyl (C=O) groups is 1. The number of nitrogens with zero attached hydrogens (tertiary/aromatic N) is 3. The zero-order valence-electron chi connectivity index (χ0n) is 14.7. The van der Waals surface area contributed by atoms with Crippen molar-refractivity contribution in [3.8, 4) is 5.13 Å². The fraction of sp³-hybridized carbons (Fsp3) is 0.150. The second-order valence-corrected chi connectivity index (χ2v) is 9.57. The maximum absolute atomic E-state index is 12.5. The molecule has 140 valence electrons. The van der Waals surface area contributed by atoms with E-state index >= 15 is 0 Å². The third-order valence-electron chi connectivity index (χ3n) is 4.87. The van der Waals surface area contributed by atoms with Gasteiger partial charge in [-0.3, -0.25) is 4.79 Å². The Kier molecular flexibility index (Phi) is 4.37. The zero-order chi connectivity index (χ0) is 19.4. The number of fused-ring (bicyclic) bond motifs is 2. The highest BCUT2D eigenvalue weighted by atomic mass is 79.9. The van der Waals surface area contributed by atoms with E-state index in [1.807, 2.05) is 37.3 Å². The van der Waals surface area contributed by atoms with E-state index in [0.717, 1.165) is 46.9 Å². The van der Waals surface area contributed by atoms with Crippen molar-refractivity contribution in [3.05, 3.63) is 68.2 Å². The second-order valence-electron chi connectivity index (χ2n) is 6.73. The fourth-order valence-corrected chi connectivity index (χ4v) is 5.56. The molecule has 2 aromatic heterocycles. The summed E-state index contributed by atoms with van der Waals surface area (Å²) in [6.07, 6.45) is 0.406. The van der Waals surface area contributed by atoms with Crippen molar-refractivity contribution in [3.63, 3.8) is 0 Å². The number of rotatable bonds is 2. The van der Waals surface area contributed by atoms with Gasteiger partial charge in [-0.1, -0.05) is 55.3 Å². The Hall–Kier alpha value is -2.03. The molecule has 0 fully saturated rings. The van der Waals surface area contributed by atoms with E-state index in [1.54, 1.807) is 16.0 Å². The Morgan fingerprint density at radius 3 is 2.82 bits per heavy atom. The lowest BCUT2D eigenvalue weighted by atomic mass is 9.86. The molecule has 3 heterocycles. The molecule has 5 rings (SSSR count). The molecule has 1 atom stereocenters. The van der Waals surface area contributed by atoms with Crippen LogP contribution in [0.3, 0.4) is 0 Å². The Balaban J connectivity index is 1.68. The van der Waals surface area contributed by atoms with Gasteiger partial charge in [-0.15, -0.1) is 0 Å². The predicted molar refractivity (Wildman–Crippen MR) is 118 cm³/mol. The van der Waals surface area contributed by atoms with Gasteiger partial charge in [-0.05, 0) is 42.8 Å². The van der Waals surface area contributed by atoms with Gasteiger partial charge in [0.25, 0.3) is 0 Å². The van der Waals surface area contributed by atoms with Crippen molar-refractivity contribution in [2.75, 3.05) is 5.32 Å². The van der Waals surface area contributed by atoms with Crippen LogP contribution in [0, 0.1) is 6.92 Å². The van der Waals surface area contributed by atoms with Crippen molar-refractivity contribution >= 4 is 65.1 Å². The van der Waals surface area contributed by atoms with E-state index in [4.69, 9.17) is 10.1 Å². The normalized spacial score (nSPS) is 16.2. The summed E-state index contributed by atoms with van der Waals surface area (Å²) in [4.78, 5) is 17.2. The number of hydrogen-bond donors (Lipinski definition) is 1. The first-order valence-electron chi connectivity index (χ1n) is 8.71. The van der Waals surface area contributed by atoms with Crippen molar-refractivity contribution in [2.45, 2.75) is 19.3 Å². The van der Waals surface area contributed by atoms with Crippen LogP contribution in [0.15, 0.2) is 51.4 Å². The van der Waals surface area contributed by atoms with Crippen LogP contribution in [0.4, 0.5) is 5.82 Å². The van der Waals surface area contributed by atoms with Gasteiger partial charge in [-0.25, -0.2) is 4.98 Å². The number of aryl methyl sites for hydroxylation is 1. The SMILES string of the molecule is Cc1nn(-c2nc3ccc(Br)cc3s2)c2c1C(c1cccc(Br)c1)CC(=O)N2. The van der Waals surface area contributed by atoms with Crippen LogP contribution in [-0.2, 0) is 4.79 Å². The summed E-state index contributed by atoms with van der Waals surface area (Å²) < 4.78 is 4.85. The number of hydrogen-bond acceptors (Lipinski definition) is 4. The van der Waals surface area contributed by atoms with Crippen molar-refractivity contribution in [1.29, 1.82) is 0 Å². The molecule has 4 aromatic rings. The average Bonchev–Trinajstić information content (AvgIpc) is 3.21. The first-order valence-corrected chi connectivity index (χ1v) is 11.1. The maximum Gasteiger partial charge on any atom is 0.226 e. The summed E-state index contributed by atoms with van der Waals surface area (Å²) in [5, 5.41) is 8.51. The molecule has 0 aliphatic carbocycles. The highest BCUT2D eigenvalue weighted by molar-refractivity contribution is 9.10. The molecular formula is C20H14Br2N4OS. The monoisotopic (exact) mass is 516 g/mol. The van der Waals surface area contributed by atoms with E-state index in [0.29, 0.717) is 6.42 Å². The topological polar surface area (TPSA) is 59.8 Å². The number of aromatic nitrogens is 3. The molecule has 1 amide bonds. The highest BCUT2D eigenvalue weighted by Gasteiger charge is 2.33. The third kappa shape index (κ3) is 3.00. The standard InChI is InChI=1S/C20H14Br2N4OS/c1-10-18-14(11-3-2-4-12(21)7-11)9-17(27)24-19(18)26(25-10)20-23-15-6-5-13(22)8-16(15)28-20/h2-8,14H,9H2,1H3,(H,24,27). The van der Waals surface area contributed by atoms with Gasteiger partial charge >= 0.3 is 0 Å².